The third-order valence-electron chi connectivity index (χ3n) is 3.82. The molecule has 110 valence electrons. The van der Waals surface area contributed by atoms with Crippen LogP contribution in [0.25, 0.3) is 0 Å². The minimum absolute atomic E-state index is 0.281. The van der Waals surface area contributed by atoms with E-state index in [0.29, 0.717) is 0 Å². The minimum atomic E-state index is -0.660. The number of aryl methyl sites for hydroxylation is 1. The topological polar surface area (TPSA) is 40.5 Å². The van der Waals surface area contributed by atoms with Crippen LogP contribution in [0.1, 0.15) is 31.2 Å². The molecule has 1 aliphatic rings. The molecule has 4 heteroatoms. The first kappa shape index (κ1) is 15.4. The van der Waals surface area contributed by atoms with Crippen LogP contribution in [-0.4, -0.2) is 40.9 Å². The van der Waals surface area contributed by atoms with Crippen LogP contribution in [0.15, 0.2) is 29.2 Å². The van der Waals surface area contributed by atoms with Gasteiger partial charge in [-0.05, 0) is 38.4 Å². The van der Waals surface area contributed by atoms with Crippen LogP contribution < -0.4 is 0 Å². The highest BCUT2D eigenvalue weighted by molar-refractivity contribution is 7.99. The van der Waals surface area contributed by atoms with Gasteiger partial charge < -0.3 is 5.11 Å². The molecule has 1 heterocycles. The molecule has 0 aromatic heterocycles. The van der Waals surface area contributed by atoms with Crippen LogP contribution in [0.2, 0.25) is 0 Å². The summed E-state index contributed by atoms with van der Waals surface area (Å²) in [5.74, 6) is 0.291. The second-order valence-electron chi connectivity index (χ2n) is 5.40. The summed E-state index contributed by atoms with van der Waals surface area (Å²) in [5.41, 5.74) is 1.27. The van der Waals surface area contributed by atoms with E-state index in [-0.39, 0.29) is 6.04 Å². The van der Waals surface area contributed by atoms with Gasteiger partial charge in [-0.3, -0.25) is 9.69 Å². The van der Waals surface area contributed by atoms with Crippen molar-refractivity contribution in [2.45, 2.75) is 43.5 Å². The van der Waals surface area contributed by atoms with Crippen molar-refractivity contribution >= 4 is 17.7 Å². The van der Waals surface area contributed by atoms with E-state index < -0.39 is 5.97 Å². The number of nitrogens with zero attached hydrogens (tertiary/aromatic N) is 1. The third-order valence-corrected chi connectivity index (χ3v) is 4.81. The zero-order valence-electron chi connectivity index (χ0n) is 12.0. The van der Waals surface area contributed by atoms with Gasteiger partial charge in [0.25, 0.3) is 0 Å². The number of carboxylic acid groups (broad SMARTS) is 1. The Morgan fingerprint density at radius 2 is 2.05 bits per heavy atom. The van der Waals surface area contributed by atoms with E-state index in [4.69, 9.17) is 0 Å². The van der Waals surface area contributed by atoms with E-state index in [0.717, 1.165) is 44.5 Å². The van der Waals surface area contributed by atoms with Gasteiger partial charge in [-0.1, -0.05) is 30.5 Å². The predicted molar refractivity (Wildman–Crippen MR) is 83.4 cm³/mol. The summed E-state index contributed by atoms with van der Waals surface area (Å²) >= 11 is 1.81. The Balaban J connectivity index is 1.84. The molecule has 1 saturated heterocycles. The molecule has 1 N–H and O–H groups in total. The maximum atomic E-state index is 11.3. The Bertz CT molecular complexity index is 433. The Labute approximate surface area is 125 Å². The van der Waals surface area contributed by atoms with Crippen molar-refractivity contribution in [1.29, 1.82) is 0 Å². The summed E-state index contributed by atoms with van der Waals surface area (Å²) < 4.78 is 0. The molecule has 1 aliphatic heterocycles. The number of carbonyl (C=O) groups is 1. The Kier molecular flexibility index (Phi) is 5.92. The largest absolute Gasteiger partial charge is 0.480 e. The summed E-state index contributed by atoms with van der Waals surface area (Å²) in [6, 6.07) is 8.23. The lowest BCUT2D eigenvalue weighted by Gasteiger charge is -2.26. The van der Waals surface area contributed by atoms with Gasteiger partial charge in [-0.15, -0.1) is 11.8 Å². The van der Waals surface area contributed by atoms with Gasteiger partial charge in [0.1, 0.15) is 6.04 Å². The van der Waals surface area contributed by atoms with Crippen LogP contribution in [-0.2, 0) is 4.79 Å². The SMILES string of the molecule is Cc1ccc(SCCN2CCCCCC2C(=O)O)cc1. The molecule has 1 aromatic rings. The number of rotatable bonds is 5. The van der Waals surface area contributed by atoms with E-state index in [1.807, 2.05) is 11.8 Å². The lowest BCUT2D eigenvalue weighted by molar-refractivity contribution is -0.143. The molecule has 1 unspecified atom stereocenters. The summed E-state index contributed by atoms with van der Waals surface area (Å²) in [6.07, 6.45) is 4.12. The number of likely N-dealkylation sites (tertiary alicyclic amines) is 1. The van der Waals surface area contributed by atoms with Gasteiger partial charge in [0.05, 0.1) is 0 Å². The van der Waals surface area contributed by atoms with Crippen LogP contribution >= 0.6 is 11.8 Å². The molecule has 2 rings (SSSR count). The highest BCUT2D eigenvalue weighted by Crippen LogP contribution is 2.21. The van der Waals surface area contributed by atoms with Crippen LogP contribution in [0, 0.1) is 6.92 Å². The zero-order chi connectivity index (χ0) is 14.4. The summed E-state index contributed by atoms with van der Waals surface area (Å²) in [4.78, 5) is 14.8. The molecule has 0 saturated carbocycles. The molecule has 0 aliphatic carbocycles. The van der Waals surface area contributed by atoms with E-state index in [1.165, 1.54) is 10.5 Å². The van der Waals surface area contributed by atoms with E-state index in [2.05, 4.69) is 36.1 Å². The number of hydrogen-bond acceptors (Lipinski definition) is 3. The first-order valence-corrected chi connectivity index (χ1v) is 8.32. The first-order chi connectivity index (χ1) is 9.66. The van der Waals surface area contributed by atoms with Crippen molar-refractivity contribution in [3.8, 4) is 0 Å². The fourth-order valence-corrected chi connectivity index (χ4v) is 3.52. The molecule has 20 heavy (non-hydrogen) atoms. The van der Waals surface area contributed by atoms with Crippen molar-refractivity contribution < 1.29 is 9.90 Å². The van der Waals surface area contributed by atoms with Crippen LogP contribution in [0.4, 0.5) is 0 Å². The molecule has 3 nitrogen and oxygen atoms in total. The minimum Gasteiger partial charge on any atom is -0.480 e. The fraction of sp³-hybridized carbons (Fsp3) is 0.562. The average molecular weight is 293 g/mol. The molecule has 0 amide bonds. The second-order valence-corrected chi connectivity index (χ2v) is 6.57. The maximum absolute atomic E-state index is 11.3. The molecular weight excluding hydrogens is 270 g/mol. The van der Waals surface area contributed by atoms with Gasteiger partial charge in [-0.25, -0.2) is 0 Å². The summed E-state index contributed by atoms with van der Waals surface area (Å²) in [5, 5.41) is 9.33. The van der Waals surface area contributed by atoms with E-state index in [1.54, 1.807) is 0 Å². The molecule has 0 spiro atoms. The molecule has 1 atom stereocenters. The molecule has 1 fully saturated rings. The van der Waals surface area contributed by atoms with Crippen LogP contribution in [0.3, 0.4) is 0 Å². The van der Waals surface area contributed by atoms with Crippen molar-refractivity contribution in [1.82, 2.24) is 4.90 Å². The number of benzene rings is 1. The monoisotopic (exact) mass is 293 g/mol. The molecule has 0 radical (unpaired) electrons. The number of carboxylic acids is 1. The molecule has 1 aromatic carbocycles. The first-order valence-electron chi connectivity index (χ1n) is 7.33. The smallest absolute Gasteiger partial charge is 0.320 e. The van der Waals surface area contributed by atoms with Gasteiger partial charge in [0.15, 0.2) is 0 Å². The Hall–Kier alpha value is -1.00. The molecular formula is C16H23NO2S. The quantitative estimate of drug-likeness (QED) is 0.845. The van der Waals surface area contributed by atoms with Gasteiger partial charge >= 0.3 is 5.97 Å². The summed E-state index contributed by atoms with van der Waals surface area (Å²) in [6.45, 7) is 3.87. The highest BCUT2D eigenvalue weighted by atomic mass is 32.2. The zero-order valence-corrected chi connectivity index (χ0v) is 12.9. The van der Waals surface area contributed by atoms with Crippen molar-refractivity contribution in [3.63, 3.8) is 0 Å². The average Bonchev–Trinajstić information content (AvgIpc) is 2.66. The van der Waals surface area contributed by atoms with Crippen LogP contribution in [0.5, 0.6) is 0 Å². The highest BCUT2D eigenvalue weighted by Gasteiger charge is 2.26. The van der Waals surface area contributed by atoms with Gasteiger partial charge in [0, 0.05) is 17.2 Å². The van der Waals surface area contributed by atoms with Crippen molar-refractivity contribution in [2.75, 3.05) is 18.8 Å². The van der Waals surface area contributed by atoms with E-state index in [9.17, 15) is 9.90 Å². The standard InChI is InChI=1S/C16H23NO2S/c1-13-6-8-14(9-7-13)20-12-11-17-10-4-2-3-5-15(17)16(18)19/h6-9,15H,2-5,10-12H2,1H3,(H,18,19). The summed E-state index contributed by atoms with van der Waals surface area (Å²) in [7, 11) is 0. The fourth-order valence-electron chi connectivity index (χ4n) is 2.63. The lowest BCUT2D eigenvalue weighted by atomic mass is 10.1. The third kappa shape index (κ3) is 4.53. The second kappa shape index (κ2) is 7.70. The van der Waals surface area contributed by atoms with E-state index >= 15 is 0 Å². The Morgan fingerprint density at radius 3 is 2.75 bits per heavy atom. The predicted octanol–water partition coefficient (Wildman–Crippen LogP) is 3.42. The van der Waals surface area contributed by atoms with Crippen molar-refractivity contribution in [3.05, 3.63) is 29.8 Å². The lowest BCUT2D eigenvalue weighted by Crippen LogP contribution is -2.41. The Morgan fingerprint density at radius 1 is 1.30 bits per heavy atom. The maximum Gasteiger partial charge on any atom is 0.320 e. The number of thioether (sulfide) groups is 1. The number of aliphatic carboxylic acids is 1. The van der Waals surface area contributed by atoms with Gasteiger partial charge in [-0.2, -0.15) is 0 Å². The number of hydrogen-bond donors (Lipinski definition) is 1. The normalized spacial score (nSPS) is 20.6. The molecule has 0 bridgehead atoms. The van der Waals surface area contributed by atoms with Gasteiger partial charge in [0.2, 0.25) is 0 Å². The van der Waals surface area contributed by atoms with Crippen molar-refractivity contribution in [2.24, 2.45) is 0 Å².